The Morgan fingerprint density at radius 3 is 2.39 bits per heavy atom. The molecule has 0 aliphatic carbocycles. The van der Waals surface area contributed by atoms with Gasteiger partial charge in [-0.3, -0.25) is 4.79 Å². The maximum Gasteiger partial charge on any atom is 0.417 e. The molecule has 1 aliphatic rings. The van der Waals surface area contributed by atoms with E-state index in [9.17, 15) is 26.4 Å². The molecule has 0 aromatic heterocycles. The molecule has 2 aromatic rings. The highest BCUT2D eigenvalue weighted by molar-refractivity contribution is 7.90. The quantitative estimate of drug-likeness (QED) is 0.720. The first-order chi connectivity index (χ1) is 13.1. The molecule has 0 spiro atoms. The zero-order valence-electron chi connectivity index (χ0n) is 15.0. The summed E-state index contributed by atoms with van der Waals surface area (Å²) in [5.41, 5.74) is -0.0373. The second kappa shape index (κ2) is 7.43. The lowest BCUT2D eigenvalue weighted by Crippen LogP contribution is -2.35. The molecule has 1 aliphatic heterocycles. The summed E-state index contributed by atoms with van der Waals surface area (Å²) in [5, 5.41) is 0. The summed E-state index contributed by atoms with van der Waals surface area (Å²) in [7, 11) is -3.41. The molecule has 0 unspecified atom stereocenters. The van der Waals surface area contributed by atoms with Crippen LogP contribution in [0.15, 0.2) is 59.5 Å². The van der Waals surface area contributed by atoms with Gasteiger partial charge in [-0.2, -0.15) is 13.2 Å². The average Bonchev–Trinajstić information content (AvgIpc) is 2.64. The van der Waals surface area contributed by atoms with Gasteiger partial charge in [0.15, 0.2) is 9.84 Å². The van der Waals surface area contributed by atoms with E-state index in [4.69, 9.17) is 0 Å². The number of benzene rings is 2. The summed E-state index contributed by atoms with van der Waals surface area (Å²) in [6.45, 7) is 0.264. The van der Waals surface area contributed by atoms with E-state index in [-0.39, 0.29) is 17.0 Å². The van der Waals surface area contributed by atoms with E-state index in [1.54, 1.807) is 6.07 Å². The van der Waals surface area contributed by atoms with Gasteiger partial charge in [-0.05, 0) is 42.2 Å². The van der Waals surface area contributed by atoms with Crippen molar-refractivity contribution in [1.82, 2.24) is 0 Å². The average molecular weight is 409 g/mol. The smallest absolute Gasteiger partial charge is 0.309 e. The van der Waals surface area contributed by atoms with Crippen molar-refractivity contribution >= 4 is 27.0 Å². The summed E-state index contributed by atoms with van der Waals surface area (Å²) < 4.78 is 64.0. The SMILES string of the molecule is CS(=O)(=O)c1ccc2c(c1)CCCN2C(=O)/C=C(/c1ccccc1)C(F)(F)F. The topological polar surface area (TPSA) is 54.5 Å². The normalized spacial score (nSPS) is 15.3. The summed E-state index contributed by atoms with van der Waals surface area (Å²) in [6.07, 6.45) is -1.91. The van der Waals surface area contributed by atoms with E-state index >= 15 is 0 Å². The highest BCUT2D eigenvalue weighted by atomic mass is 32.2. The van der Waals surface area contributed by atoms with E-state index in [1.165, 1.54) is 47.4 Å². The zero-order chi connectivity index (χ0) is 20.5. The number of aryl methyl sites for hydroxylation is 1. The molecule has 0 bridgehead atoms. The molecule has 4 nitrogen and oxygen atoms in total. The molecule has 1 amide bonds. The van der Waals surface area contributed by atoms with E-state index in [2.05, 4.69) is 0 Å². The predicted molar refractivity (Wildman–Crippen MR) is 101 cm³/mol. The Morgan fingerprint density at radius 1 is 1.11 bits per heavy atom. The van der Waals surface area contributed by atoms with Gasteiger partial charge in [-0.15, -0.1) is 0 Å². The number of halogens is 3. The summed E-state index contributed by atoms with van der Waals surface area (Å²) in [5.74, 6) is -0.788. The second-order valence-electron chi connectivity index (χ2n) is 6.58. The van der Waals surface area contributed by atoms with Crippen molar-refractivity contribution in [2.45, 2.75) is 23.9 Å². The van der Waals surface area contributed by atoms with Crippen LogP contribution in [-0.2, 0) is 21.1 Å². The Labute approximate surface area is 161 Å². The lowest BCUT2D eigenvalue weighted by molar-refractivity contribution is -0.114. The second-order valence-corrected chi connectivity index (χ2v) is 8.59. The lowest BCUT2D eigenvalue weighted by Gasteiger charge is -2.29. The Balaban J connectivity index is 2.00. The minimum atomic E-state index is -4.68. The van der Waals surface area contributed by atoms with Gasteiger partial charge in [-0.1, -0.05) is 30.3 Å². The van der Waals surface area contributed by atoms with Crippen LogP contribution in [0.4, 0.5) is 18.9 Å². The van der Waals surface area contributed by atoms with E-state index in [0.29, 0.717) is 30.2 Å². The van der Waals surface area contributed by atoms with Crippen molar-refractivity contribution in [1.29, 1.82) is 0 Å². The number of sulfone groups is 1. The number of carbonyl (C=O) groups excluding carboxylic acids is 1. The van der Waals surface area contributed by atoms with Crippen molar-refractivity contribution in [3.05, 3.63) is 65.7 Å². The maximum atomic E-state index is 13.5. The molecule has 0 N–H and O–H groups in total. The van der Waals surface area contributed by atoms with Crippen LogP contribution in [0.5, 0.6) is 0 Å². The third-order valence-corrected chi connectivity index (χ3v) is 5.63. The highest BCUT2D eigenvalue weighted by Crippen LogP contribution is 2.35. The van der Waals surface area contributed by atoms with Crippen LogP contribution in [0.3, 0.4) is 0 Å². The number of amides is 1. The minimum Gasteiger partial charge on any atom is -0.309 e. The first kappa shape index (κ1) is 20.1. The van der Waals surface area contributed by atoms with Gasteiger partial charge in [0.1, 0.15) is 0 Å². The number of hydrogen-bond acceptors (Lipinski definition) is 3. The predicted octanol–water partition coefficient (Wildman–Crippen LogP) is 4.02. The molecule has 0 saturated carbocycles. The van der Waals surface area contributed by atoms with Crippen molar-refractivity contribution < 1.29 is 26.4 Å². The molecule has 0 fully saturated rings. The molecule has 2 aromatic carbocycles. The van der Waals surface area contributed by atoms with Crippen molar-refractivity contribution in [2.24, 2.45) is 0 Å². The number of carbonyl (C=O) groups is 1. The number of hydrogen-bond donors (Lipinski definition) is 0. The van der Waals surface area contributed by atoms with Gasteiger partial charge in [0.05, 0.1) is 10.5 Å². The third kappa shape index (κ3) is 4.27. The molecule has 0 atom stereocenters. The molecule has 8 heteroatoms. The van der Waals surface area contributed by atoms with Gasteiger partial charge in [-0.25, -0.2) is 8.42 Å². The number of allylic oxidation sites excluding steroid dienone is 1. The van der Waals surface area contributed by atoms with E-state index in [1.807, 2.05) is 0 Å². The van der Waals surface area contributed by atoms with Crippen LogP contribution in [0.1, 0.15) is 17.5 Å². The highest BCUT2D eigenvalue weighted by Gasteiger charge is 2.36. The lowest BCUT2D eigenvalue weighted by atomic mass is 10.0. The van der Waals surface area contributed by atoms with Crippen LogP contribution < -0.4 is 4.90 Å². The van der Waals surface area contributed by atoms with Crippen LogP contribution >= 0.6 is 0 Å². The molecule has 0 saturated heterocycles. The fraction of sp³-hybridized carbons (Fsp3) is 0.250. The molecular weight excluding hydrogens is 391 g/mol. The number of fused-ring (bicyclic) bond motifs is 1. The number of anilines is 1. The Kier molecular flexibility index (Phi) is 5.34. The molecule has 0 radical (unpaired) electrons. The fourth-order valence-corrected chi connectivity index (χ4v) is 3.85. The Morgan fingerprint density at radius 2 is 1.79 bits per heavy atom. The summed E-state index contributed by atoms with van der Waals surface area (Å²) in [6, 6.07) is 11.5. The van der Waals surface area contributed by atoms with Crippen LogP contribution in [-0.4, -0.2) is 33.3 Å². The zero-order valence-corrected chi connectivity index (χ0v) is 15.8. The number of nitrogens with zero attached hydrogens (tertiary/aromatic N) is 1. The summed E-state index contributed by atoms with van der Waals surface area (Å²) in [4.78, 5) is 14.1. The maximum absolute atomic E-state index is 13.5. The van der Waals surface area contributed by atoms with Gasteiger partial charge in [0, 0.05) is 24.6 Å². The van der Waals surface area contributed by atoms with Crippen LogP contribution in [0.25, 0.3) is 5.57 Å². The van der Waals surface area contributed by atoms with E-state index in [0.717, 1.165) is 6.26 Å². The number of alkyl halides is 3. The summed E-state index contributed by atoms with van der Waals surface area (Å²) >= 11 is 0. The van der Waals surface area contributed by atoms with Crippen molar-refractivity contribution in [2.75, 3.05) is 17.7 Å². The first-order valence-corrected chi connectivity index (χ1v) is 10.5. The van der Waals surface area contributed by atoms with Gasteiger partial charge < -0.3 is 4.90 Å². The monoisotopic (exact) mass is 409 g/mol. The molecule has 148 valence electrons. The van der Waals surface area contributed by atoms with Gasteiger partial charge >= 0.3 is 6.18 Å². The molecular formula is C20H18F3NO3S. The largest absolute Gasteiger partial charge is 0.417 e. The molecule has 1 heterocycles. The molecule has 3 rings (SSSR count). The van der Waals surface area contributed by atoms with Gasteiger partial charge in [0.25, 0.3) is 5.91 Å². The van der Waals surface area contributed by atoms with Gasteiger partial charge in [0.2, 0.25) is 0 Å². The van der Waals surface area contributed by atoms with E-state index < -0.39 is 27.5 Å². The minimum absolute atomic E-state index is 0.0898. The van der Waals surface area contributed by atoms with Crippen LogP contribution in [0, 0.1) is 0 Å². The van der Waals surface area contributed by atoms with Crippen molar-refractivity contribution in [3.8, 4) is 0 Å². The van der Waals surface area contributed by atoms with Crippen molar-refractivity contribution in [3.63, 3.8) is 0 Å². The third-order valence-electron chi connectivity index (χ3n) is 4.52. The van der Waals surface area contributed by atoms with Crippen LogP contribution in [0.2, 0.25) is 0 Å². The number of rotatable bonds is 3. The molecule has 28 heavy (non-hydrogen) atoms. The standard InChI is InChI=1S/C20H18F3NO3S/c1-28(26,27)16-9-10-18-15(12-16)8-5-11-24(18)19(25)13-17(20(21,22)23)14-6-3-2-4-7-14/h2-4,6-7,9-10,12-13H,5,8,11H2,1H3/b17-13-. The Bertz CT molecular complexity index is 1030. The fourth-order valence-electron chi connectivity index (χ4n) is 3.18. The first-order valence-electron chi connectivity index (χ1n) is 8.56. The Hall–Kier alpha value is -2.61.